The molecule has 5 rings (SSSR count). The first-order valence-corrected chi connectivity index (χ1v) is 15.8. The molecule has 0 aromatic carbocycles. The van der Waals surface area contributed by atoms with Crippen LogP contribution in [0.1, 0.15) is 139 Å². The quantitative estimate of drug-likeness (QED) is 0.223. The normalized spacial score (nSPS) is 19.1. The fourth-order valence-corrected chi connectivity index (χ4v) is 5.91. The highest BCUT2D eigenvalue weighted by atomic mass is 16.5. The van der Waals surface area contributed by atoms with Gasteiger partial charge in [0.15, 0.2) is 5.82 Å². The number of hydrogen-bond acceptors (Lipinski definition) is 6. The SMILES string of the molecule is CCCCCCCCC(CN)[C@H](CC1CC1)c1noc(C)n1.c1cnc(OCC2CC2)c(C2CCCC2)c1. The second kappa shape index (κ2) is 15.6. The third-order valence-electron chi connectivity index (χ3n) is 8.71. The van der Waals surface area contributed by atoms with E-state index in [0.29, 0.717) is 23.6 Å². The molecule has 3 fully saturated rings. The smallest absolute Gasteiger partial charge is 0.223 e. The number of nitrogens with two attached hydrogens (primary N) is 1. The van der Waals surface area contributed by atoms with Crippen LogP contribution in [-0.2, 0) is 0 Å². The van der Waals surface area contributed by atoms with Crippen molar-refractivity contribution in [2.45, 2.75) is 128 Å². The maximum absolute atomic E-state index is 6.09. The molecule has 2 aromatic heterocycles. The molecule has 3 aliphatic rings. The molecule has 6 nitrogen and oxygen atoms in total. The van der Waals surface area contributed by atoms with E-state index in [1.165, 1.54) is 108 Å². The van der Waals surface area contributed by atoms with Gasteiger partial charge in [-0.25, -0.2) is 4.98 Å². The summed E-state index contributed by atoms with van der Waals surface area (Å²) in [5.41, 5.74) is 7.44. The largest absolute Gasteiger partial charge is 0.477 e. The Kier molecular flexibility index (Phi) is 11.9. The van der Waals surface area contributed by atoms with Gasteiger partial charge in [-0.15, -0.1) is 0 Å². The Hall–Kier alpha value is -1.95. The maximum Gasteiger partial charge on any atom is 0.223 e. The Morgan fingerprint density at radius 2 is 1.74 bits per heavy atom. The van der Waals surface area contributed by atoms with E-state index in [4.69, 9.17) is 15.0 Å². The highest BCUT2D eigenvalue weighted by Gasteiger charge is 2.33. The number of ether oxygens (including phenoxy) is 1. The van der Waals surface area contributed by atoms with Gasteiger partial charge >= 0.3 is 0 Å². The van der Waals surface area contributed by atoms with Crippen LogP contribution < -0.4 is 10.5 Å². The number of rotatable bonds is 16. The molecule has 6 heteroatoms. The first kappa shape index (κ1) is 29.0. The van der Waals surface area contributed by atoms with Crippen LogP contribution in [0, 0.1) is 24.7 Å². The van der Waals surface area contributed by atoms with Crippen molar-refractivity contribution in [3.8, 4) is 5.88 Å². The minimum absolute atomic E-state index is 0.394. The van der Waals surface area contributed by atoms with Crippen molar-refractivity contribution in [3.63, 3.8) is 0 Å². The van der Waals surface area contributed by atoms with Gasteiger partial charge in [0.25, 0.3) is 0 Å². The fourth-order valence-electron chi connectivity index (χ4n) is 5.91. The summed E-state index contributed by atoms with van der Waals surface area (Å²) in [5, 5.41) is 4.19. The molecule has 2 aromatic rings. The predicted octanol–water partition coefficient (Wildman–Crippen LogP) is 8.12. The molecule has 0 aliphatic heterocycles. The number of hydrogen-bond donors (Lipinski definition) is 1. The molecule has 2 heterocycles. The zero-order valence-corrected chi connectivity index (χ0v) is 24.1. The Balaban J connectivity index is 0.000000185. The van der Waals surface area contributed by atoms with E-state index in [0.717, 1.165) is 36.7 Å². The molecular formula is C32H52N4O2. The van der Waals surface area contributed by atoms with E-state index in [9.17, 15) is 0 Å². The van der Waals surface area contributed by atoms with Crippen molar-refractivity contribution in [1.29, 1.82) is 0 Å². The predicted molar refractivity (Wildman–Crippen MR) is 153 cm³/mol. The third-order valence-corrected chi connectivity index (χ3v) is 8.71. The van der Waals surface area contributed by atoms with E-state index >= 15 is 0 Å². The van der Waals surface area contributed by atoms with Crippen LogP contribution >= 0.6 is 0 Å². The summed E-state index contributed by atoms with van der Waals surface area (Å²) in [7, 11) is 0. The number of nitrogens with zero attached hydrogens (tertiary/aromatic N) is 3. The van der Waals surface area contributed by atoms with Gasteiger partial charge in [0, 0.05) is 24.6 Å². The molecule has 0 radical (unpaired) electrons. The lowest BCUT2D eigenvalue weighted by Gasteiger charge is -2.23. The summed E-state index contributed by atoms with van der Waals surface area (Å²) in [6, 6.07) is 4.24. The van der Waals surface area contributed by atoms with Gasteiger partial charge in [0.2, 0.25) is 11.8 Å². The van der Waals surface area contributed by atoms with Crippen LogP contribution in [-0.4, -0.2) is 28.3 Å². The van der Waals surface area contributed by atoms with Gasteiger partial charge in [-0.05, 0) is 74.8 Å². The lowest BCUT2D eigenvalue weighted by Crippen LogP contribution is -2.23. The van der Waals surface area contributed by atoms with E-state index in [2.05, 4.69) is 28.1 Å². The molecule has 212 valence electrons. The highest BCUT2D eigenvalue weighted by Crippen LogP contribution is 2.42. The van der Waals surface area contributed by atoms with Crippen LogP contribution in [0.15, 0.2) is 22.9 Å². The van der Waals surface area contributed by atoms with Crippen molar-refractivity contribution in [3.05, 3.63) is 35.6 Å². The van der Waals surface area contributed by atoms with Gasteiger partial charge in [-0.1, -0.05) is 82.4 Å². The van der Waals surface area contributed by atoms with Crippen molar-refractivity contribution in [2.75, 3.05) is 13.2 Å². The zero-order valence-electron chi connectivity index (χ0n) is 24.1. The van der Waals surface area contributed by atoms with Crippen molar-refractivity contribution >= 4 is 0 Å². The summed E-state index contributed by atoms with van der Waals surface area (Å²) in [5.74, 6) is 5.73. The average Bonchev–Trinajstić information content (AvgIpc) is 3.85. The minimum atomic E-state index is 0.394. The fraction of sp³-hybridized carbons (Fsp3) is 0.781. The topological polar surface area (TPSA) is 87.1 Å². The summed E-state index contributed by atoms with van der Waals surface area (Å²) >= 11 is 0. The average molecular weight is 525 g/mol. The van der Waals surface area contributed by atoms with Gasteiger partial charge in [0.05, 0.1) is 6.61 Å². The molecule has 3 aliphatic carbocycles. The third kappa shape index (κ3) is 9.66. The Bertz CT molecular complexity index is 918. The van der Waals surface area contributed by atoms with Gasteiger partial charge < -0.3 is 15.0 Å². The van der Waals surface area contributed by atoms with Crippen molar-refractivity contribution in [1.82, 2.24) is 15.1 Å². The highest BCUT2D eigenvalue weighted by molar-refractivity contribution is 5.30. The molecule has 2 N–H and O–H groups in total. The van der Waals surface area contributed by atoms with E-state index < -0.39 is 0 Å². The molecule has 38 heavy (non-hydrogen) atoms. The van der Waals surface area contributed by atoms with Crippen LogP contribution in [0.25, 0.3) is 0 Å². The number of pyridine rings is 1. The monoisotopic (exact) mass is 524 g/mol. The molecule has 2 atom stereocenters. The van der Waals surface area contributed by atoms with Crippen LogP contribution in [0.4, 0.5) is 0 Å². The minimum Gasteiger partial charge on any atom is -0.477 e. The molecule has 0 amide bonds. The van der Waals surface area contributed by atoms with E-state index in [1.807, 2.05) is 19.2 Å². The standard InChI is InChI=1S/C18H33N3O.C14H19NO/c1-3-4-5-6-7-8-9-16(13-19)17(12-15-10-11-15)18-20-14(2)22-21-18;1-2-5-12(4-1)13-6-3-9-15-14(13)16-10-11-7-8-11/h15-17H,3-13,19H2,1-2H3;3,6,9,11-12H,1-2,4-5,7-8,10H2/t16?,17-;/m0./s1. The Morgan fingerprint density at radius 1 is 1.00 bits per heavy atom. The maximum atomic E-state index is 6.09. The molecule has 0 saturated heterocycles. The van der Waals surface area contributed by atoms with Gasteiger partial charge in [-0.3, -0.25) is 0 Å². The second-order valence-electron chi connectivity index (χ2n) is 12.1. The molecule has 0 spiro atoms. The summed E-state index contributed by atoms with van der Waals surface area (Å²) in [4.78, 5) is 8.90. The summed E-state index contributed by atoms with van der Waals surface area (Å²) in [6.07, 6.45) is 23.0. The number of aryl methyl sites for hydroxylation is 1. The second-order valence-corrected chi connectivity index (χ2v) is 12.1. The van der Waals surface area contributed by atoms with Crippen LogP contribution in [0.2, 0.25) is 0 Å². The van der Waals surface area contributed by atoms with Crippen molar-refractivity contribution < 1.29 is 9.26 Å². The van der Waals surface area contributed by atoms with E-state index in [-0.39, 0.29) is 0 Å². The number of unbranched alkanes of at least 4 members (excludes halogenated alkanes) is 5. The van der Waals surface area contributed by atoms with Crippen LogP contribution in [0.3, 0.4) is 0 Å². The molecule has 3 saturated carbocycles. The number of aromatic nitrogens is 3. The van der Waals surface area contributed by atoms with E-state index in [1.54, 1.807) is 0 Å². The molecule has 1 unspecified atom stereocenters. The first-order valence-electron chi connectivity index (χ1n) is 15.8. The van der Waals surface area contributed by atoms with Gasteiger partial charge in [-0.2, -0.15) is 4.98 Å². The molecular weight excluding hydrogens is 472 g/mol. The lowest BCUT2D eigenvalue weighted by molar-refractivity contribution is 0.283. The summed E-state index contributed by atoms with van der Waals surface area (Å²) < 4.78 is 11.1. The lowest BCUT2D eigenvalue weighted by atomic mass is 9.83. The Labute approximate surface area is 230 Å². The van der Waals surface area contributed by atoms with Crippen molar-refractivity contribution in [2.24, 2.45) is 23.5 Å². The first-order chi connectivity index (χ1) is 18.7. The summed E-state index contributed by atoms with van der Waals surface area (Å²) in [6.45, 7) is 5.74. The van der Waals surface area contributed by atoms with Crippen LogP contribution in [0.5, 0.6) is 5.88 Å². The van der Waals surface area contributed by atoms with Gasteiger partial charge in [0.1, 0.15) is 0 Å². The molecule has 0 bridgehead atoms. The Morgan fingerprint density at radius 3 is 2.39 bits per heavy atom. The zero-order chi connectivity index (χ0) is 26.6.